The van der Waals surface area contributed by atoms with E-state index in [1.165, 1.54) is 18.2 Å². The largest absolute Gasteiger partial charge is 0.506 e. The van der Waals surface area contributed by atoms with Crippen molar-refractivity contribution in [3.8, 4) is 28.2 Å². The van der Waals surface area contributed by atoms with Crippen LogP contribution in [0.15, 0.2) is 131 Å². The van der Waals surface area contributed by atoms with Crippen LogP contribution in [-0.2, 0) is 19.6 Å². The predicted octanol–water partition coefficient (Wildman–Crippen LogP) is 8.38. The van der Waals surface area contributed by atoms with Gasteiger partial charge in [-0.05, 0) is 65.7 Å². The molecular formula is C40H31ClN4O5. The molecule has 0 bridgehead atoms. The van der Waals surface area contributed by atoms with Crippen LogP contribution in [0.1, 0.15) is 27.3 Å². The van der Waals surface area contributed by atoms with Gasteiger partial charge in [0.15, 0.2) is 5.58 Å². The number of aromatic nitrogens is 2. The number of benzene rings is 4. The average molecular weight is 683 g/mol. The fourth-order valence-corrected chi connectivity index (χ4v) is 6.54. The predicted molar refractivity (Wildman–Crippen MR) is 194 cm³/mol. The average Bonchev–Trinajstić information content (AvgIpc) is 3.12. The Kier molecular flexibility index (Phi) is 9.00. The summed E-state index contributed by atoms with van der Waals surface area (Å²) >= 11 is 6.32. The molecule has 5 aromatic rings. The van der Waals surface area contributed by atoms with Gasteiger partial charge in [-0.1, -0.05) is 60.1 Å². The molecule has 2 aliphatic rings. The van der Waals surface area contributed by atoms with E-state index in [0.29, 0.717) is 47.4 Å². The Balaban J connectivity index is 1.39. The topological polar surface area (TPSA) is 120 Å². The Labute approximate surface area is 292 Å². The molecule has 0 amide bonds. The van der Waals surface area contributed by atoms with E-state index in [-0.39, 0.29) is 27.7 Å². The number of aromatic carboxylic acids is 1. The standard InChI is InChI=1S/C40H31ClN4O5/c1-44(33-15-5-2-10-25(33)22-45(23-26-11-6-8-18-42-26)24-27-12-7-9-19-43-27)38-34(46)17-16-30-37(28-13-3-4-14-29(28)40(48)49)31-20-32(41)35(47)21-36(31)50-39(30)38/h2-21,46H,22-24H2,1H3,(H,48,49). The van der Waals surface area contributed by atoms with E-state index < -0.39 is 11.4 Å². The molecule has 0 spiro atoms. The normalized spacial score (nSPS) is 11.3. The van der Waals surface area contributed by atoms with Gasteiger partial charge in [-0.15, -0.1) is 0 Å². The van der Waals surface area contributed by atoms with Crippen molar-refractivity contribution in [2.75, 3.05) is 11.9 Å². The molecule has 1 aliphatic carbocycles. The second-order valence-corrected chi connectivity index (χ2v) is 12.3. The molecular weight excluding hydrogens is 652 g/mol. The lowest BCUT2D eigenvalue weighted by Crippen LogP contribution is -2.25. The van der Waals surface area contributed by atoms with Crippen molar-refractivity contribution < 1.29 is 19.4 Å². The summed E-state index contributed by atoms with van der Waals surface area (Å²) in [6.07, 6.45) is 3.55. The molecule has 2 N–H and O–H groups in total. The minimum absolute atomic E-state index is 0.0212. The lowest BCUT2D eigenvalue weighted by Gasteiger charge is -2.28. The lowest BCUT2D eigenvalue weighted by molar-refractivity contribution is 0.0697. The van der Waals surface area contributed by atoms with Crippen molar-refractivity contribution >= 4 is 39.9 Å². The van der Waals surface area contributed by atoms with Gasteiger partial charge in [0.05, 0.1) is 22.0 Å². The summed E-state index contributed by atoms with van der Waals surface area (Å²) in [5.74, 6) is -0.974. The highest BCUT2D eigenvalue weighted by Crippen LogP contribution is 2.48. The number of hydrogen-bond acceptors (Lipinski definition) is 8. The maximum Gasteiger partial charge on any atom is 0.336 e. The first-order valence-corrected chi connectivity index (χ1v) is 16.2. The molecule has 248 valence electrons. The summed E-state index contributed by atoms with van der Waals surface area (Å²) in [6, 6.07) is 32.2. The minimum Gasteiger partial charge on any atom is -0.506 e. The second kappa shape index (κ2) is 13.8. The number of carbonyl (C=O) groups is 1. The molecule has 0 radical (unpaired) electrons. The SMILES string of the molecule is CN(c1ccccc1CN(Cc1ccccn1)Cc1ccccn1)c1c(O)ccc2c(-c3ccccc3C(=O)O)c3cc(Cl)c(=O)cc-3oc12. The summed E-state index contributed by atoms with van der Waals surface area (Å²) in [4.78, 5) is 38.4. The third kappa shape index (κ3) is 6.39. The third-order valence-electron chi connectivity index (χ3n) is 8.63. The van der Waals surface area contributed by atoms with E-state index in [1.807, 2.05) is 72.6 Å². The van der Waals surface area contributed by atoms with Gasteiger partial charge in [0, 0.05) is 67.3 Å². The van der Waals surface area contributed by atoms with Crippen LogP contribution in [0.2, 0.25) is 5.02 Å². The van der Waals surface area contributed by atoms with Gasteiger partial charge in [0.25, 0.3) is 0 Å². The quantitative estimate of drug-likeness (QED) is 0.137. The Morgan fingerprint density at radius 1 is 0.800 bits per heavy atom. The molecule has 0 fully saturated rings. The van der Waals surface area contributed by atoms with Crippen LogP contribution in [0, 0.1) is 0 Å². The van der Waals surface area contributed by atoms with Crippen LogP contribution in [0.25, 0.3) is 33.4 Å². The van der Waals surface area contributed by atoms with Gasteiger partial charge in [-0.3, -0.25) is 19.7 Å². The molecule has 2 aromatic heterocycles. The van der Waals surface area contributed by atoms with Gasteiger partial charge < -0.3 is 19.5 Å². The van der Waals surface area contributed by atoms with Gasteiger partial charge >= 0.3 is 5.97 Å². The van der Waals surface area contributed by atoms with Crippen molar-refractivity contribution in [3.63, 3.8) is 0 Å². The third-order valence-corrected chi connectivity index (χ3v) is 8.92. The second-order valence-electron chi connectivity index (χ2n) is 11.9. The van der Waals surface area contributed by atoms with Gasteiger partial charge in [-0.25, -0.2) is 4.79 Å². The Morgan fingerprint density at radius 2 is 1.46 bits per heavy atom. The highest BCUT2D eigenvalue weighted by Gasteiger charge is 2.27. The first kappa shape index (κ1) is 32.5. The monoisotopic (exact) mass is 682 g/mol. The number of hydrogen-bond donors (Lipinski definition) is 2. The number of aromatic hydroxyl groups is 1. The number of phenols is 1. The lowest BCUT2D eigenvalue weighted by atomic mass is 9.90. The fourth-order valence-electron chi connectivity index (χ4n) is 6.37. The summed E-state index contributed by atoms with van der Waals surface area (Å²) in [5.41, 5.74) is 5.22. The number of carboxylic acids is 1. The molecule has 0 atom stereocenters. The molecule has 7 rings (SSSR count). The molecule has 9 nitrogen and oxygen atoms in total. The zero-order valence-corrected chi connectivity index (χ0v) is 27.7. The molecule has 3 aromatic carbocycles. The van der Waals surface area contributed by atoms with Crippen LogP contribution in [-0.4, -0.2) is 38.1 Å². The number of halogens is 1. The number of fused-ring (bicyclic) bond motifs is 2. The Bertz CT molecular complexity index is 2320. The smallest absolute Gasteiger partial charge is 0.336 e. The highest BCUT2D eigenvalue weighted by molar-refractivity contribution is 6.31. The molecule has 1 aliphatic heterocycles. The van der Waals surface area contributed by atoms with E-state index in [0.717, 1.165) is 22.6 Å². The van der Waals surface area contributed by atoms with Crippen molar-refractivity contribution in [2.24, 2.45) is 0 Å². The van der Waals surface area contributed by atoms with Crippen LogP contribution in [0.4, 0.5) is 11.4 Å². The Morgan fingerprint density at radius 3 is 2.14 bits per heavy atom. The number of carboxylic acid groups (broad SMARTS) is 1. The highest BCUT2D eigenvalue weighted by atomic mass is 35.5. The molecule has 3 heterocycles. The zero-order valence-electron chi connectivity index (χ0n) is 27.0. The van der Waals surface area contributed by atoms with Crippen LogP contribution in [0.5, 0.6) is 5.75 Å². The first-order valence-electron chi connectivity index (χ1n) is 15.9. The maximum atomic E-state index is 12.7. The number of pyridine rings is 2. The Hall–Kier alpha value is -6.03. The van der Waals surface area contributed by atoms with Gasteiger partial charge in [0.2, 0.25) is 5.43 Å². The fraction of sp³-hybridized carbons (Fsp3) is 0.100. The summed E-state index contributed by atoms with van der Waals surface area (Å²) in [7, 11) is 1.83. The van der Waals surface area contributed by atoms with Crippen molar-refractivity contribution in [1.82, 2.24) is 14.9 Å². The number of anilines is 2. The molecule has 50 heavy (non-hydrogen) atoms. The summed E-state index contributed by atoms with van der Waals surface area (Å²) in [5, 5.41) is 22.1. The van der Waals surface area contributed by atoms with E-state index >= 15 is 0 Å². The maximum absolute atomic E-state index is 12.7. The zero-order chi connectivity index (χ0) is 34.8. The number of para-hydroxylation sites is 1. The first-order chi connectivity index (χ1) is 24.3. The van der Waals surface area contributed by atoms with Crippen molar-refractivity contribution in [2.45, 2.75) is 19.6 Å². The van der Waals surface area contributed by atoms with Crippen molar-refractivity contribution in [3.05, 3.63) is 159 Å². The van der Waals surface area contributed by atoms with Crippen LogP contribution in [0.3, 0.4) is 0 Å². The summed E-state index contributed by atoms with van der Waals surface area (Å²) in [6.45, 7) is 1.67. The van der Waals surface area contributed by atoms with Crippen molar-refractivity contribution in [1.29, 1.82) is 0 Å². The van der Waals surface area contributed by atoms with Crippen LogP contribution < -0.4 is 10.3 Å². The minimum atomic E-state index is -1.11. The van der Waals surface area contributed by atoms with Crippen LogP contribution >= 0.6 is 11.6 Å². The molecule has 0 unspecified atom stereocenters. The van der Waals surface area contributed by atoms with Gasteiger partial charge in [-0.2, -0.15) is 0 Å². The van der Waals surface area contributed by atoms with E-state index in [9.17, 15) is 19.8 Å². The van der Waals surface area contributed by atoms with E-state index in [1.54, 1.807) is 42.7 Å². The molecule has 10 heteroatoms. The number of nitrogens with zero attached hydrogens (tertiary/aromatic N) is 4. The number of phenolic OH excluding ortho intramolecular Hbond substituents is 1. The van der Waals surface area contributed by atoms with Gasteiger partial charge in [0.1, 0.15) is 17.2 Å². The van der Waals surface area contributed by atoms with E-state index in [4.69, 9.17) is 16.0 Å². The number of rotatable bonds is 10. The summed E-state index contributed by atoms with van der Waals surface area (Å²) < 4.78 is 6.44. The molecule has 0 saturated carbocycles. The van der Waals surface area contributed by atoms with E-state index in [2.05, 4.69) is 14.9 Å². The molecule has 0 saturated heterocycles.